The smallest absolute Gasteiger partial charge is 0.209 e. The van der Waals surface area contributed by atoms with Crippen LogP contribution >= 0.6 is 23.1 Å². The summed E-state index contributed by atoms with van der Waals surface area (Å²) in [7, 11) is -1.04. The first-order chi connectivity index (χ1) is 16.8. The Bertz CT molecular complexity index is 1300. The zero-order valence-electron chi connectivity index (χ0n) is 19.8. The second-order valence-electron chi connectivity index (χ2n) is 9.72. The quantitative estimate of drug-likeness (QED) is 0.429. The minimum atomic E-state index is -2.89. The van der Waals surface area contributed by atoms with E-state index < -0.39 is 9.84 Å². The predicted octanol–water partition coefficient (Wildman–Crippen LogP) is 3.69. The van der Waals surface area contributed by atoms with Crippen molar-refractivity contribution in [3.63, 3.8) is 0 Å². The molecule has 2 aliphatic heterocycles. The van der Waals surface area contributed by atoms with Crippen molar-refractivity contribution < 1.29 is 13.2 Å². The molecule has 5 rings (SSSR count). The molecule has 0 atom stereocenters. The Balaban J connectivity index is 1.33. The van der Waals surface area contributed by atoms with Crippen LogP contribution in [0.25, 0.3) is 22.3 Å². The summed E-state index contributed by atoms with van der Waals surface area (Å²) in [6.07, 6.45) is 6.29. The second-order valence-corrected chi connectivity index (χ2v) is 13.3. The van der Waals surface area contributed by atoms with Crippen molar-refractivity contribution in [1.29, 1.82) is 0 Å². The van der Waals surface area contributed by atoms with Crippen LogP contribution in [-0.2, 0) is 27.7 Å². The van der Waals surface area contributed by atoms with Gasteiger partial charge in [-0.3, -0.25) is 9.69 Å². The van der Waals surface area contributed by atoms with Crippen molar-refractivity contribution in [3.05, 3.63) is 34.4 Å². The number of halogens is 1. The number of carbonyl (C=O) groups excluding carboxylic acids is 1. The molecule has 0 N–H and O–H groups in total. The first-order valence-electron chi connectivity index (χ1n) is 12.0. The number of benzene rings is 1. The molecule has 2 saturated heterocycles. The van der Waals surface area contributed by atoms with Gasteiger partial charge in [-0.15, -0.1) is 0 Å². The van der Waals surface area contributed by atoms with E-state index in [-0.39, 0.29) is 11.5 Å². The molecule has 3 aromatic rings. The van der Waals surface area contributed by atoms with Crippen molar-refractivity contribution in [2.45, 2.75) is 44.8 Å². The topological polar surface area (TPSA) is 88.4 Å². The molecular formula is C24H30ClN5O3S2. The second kappa shape index (κ2) is 10.2. The van der Waals surface area contributed by atoms with E-state index >= 15 is 0 Å². The monoisotopic (exact) mass is 535 g/mol. The molecule has 2 fully saturated rings. The third-order valence-corrected chi connectivity index (χ3v) is 10.1. The Morgan fingerprint density at radius 2 is 1.94 bits per heavy atom. The molecule has 1 aromatic carbocycles. The van der Waals surface area contributed by atoms with Crippen molar-refractivity contribution in [2.75, 3.05) is 31.6 Å². The third kappa shape index (κ3) is 5.40. The first-order valence-corrected chi connectivity index (χ1v) is 15.0. The van der Waals surface area contributed by atoms with Crippen LogP contribution in [-0.4, -0.2) is 76.2 Å². The van der Waals surface area contributed by atoms with Crippen LogP contribution in [0.1, 0.15) is 30.7 Å². The Morgan fingerprint density at radius 3 is 2.66 bits per heavy atom. The van der Waals surface area contributed by atoms with Crippen LogP contribution in [0.5, 0.6) is 0 Å². The lowest BCUT2D eigenvalue weighted by Gasteiger charge is -2.34. The first kappa shape index (κ1) is 24.7. The maximum atomic E-state index is 11.8. The van der Waals surface area contributed by atoms with E-state index in [2.05, 4.69) is 20.0 Å². The van der Waals surface area contributed by atoms with Gasteiger partial charge in [-0.2, -0.15) is 4.37 Å². The largest absolute Gasteiger partial charge is 0.345 e. The fraction of sp³-hybridized carbons (Fsp3) is 0.542. The van der Waals surface area contributed by atoms with E-state index in [0.29, 0.717) is 35.6 Å². The van der Waals surface area contributed by atoms with E-state index in [1.54, 1.807) is 4.90 Å². The van der Waals surface area contributed by atoms with Gasteiger partial charge < -0.3 is 9.47 Å². The standard InChI is InChI=1S/C24H30ClN5O3S2/c1-28(16-31)18-5-9-29(10-6-18)15-22-26-24(27-34-22)20-14-30(23-19(20)3-2-4-21(23)25)13-17-7-11-35(32,33)12-8-17/h2-4,14,16-18H,5-13,15H2,1H3. The van der Waals surface area contributed by atoms with Crippen molar-refractivity contribution >= 4 is 50.3 Å². The molecule has 0 aliphatic carbocycles. The molecule has 11 heteroatoms. The Hall–Kier alpha value is -2.01. The molecular weight excluding hydrogens is 506 g/mol. The number of sulfone groups is 1. The van der Waals surface area contributed by atoms with E-state index in [1.165, 1.54) is 11.5 Å². The summed E-state index contributed by atoms with van der Waals surface area (Å²) in [5.41, 5.74) is 1.91. The highest BCUT2D eigenvalue weighted by molar-refractivity contribution is 7.91. The van der Waals surface area contributed by atoms with Crippen LogP contribution in [0.3, 0.4) is 0 Å². The zero-order chi connectivity index (χ0) is 24.6. The maximum absolute atomic E-state index is 11.8. The fourth-order valence-corrected chi connectivity index (χ4v) is 7.80. The van der Waals surface area contributed by atoms with Gasteiger partial charge in [-0.25, -0.2) is 13.4 Å². The van der Waals surface area contributed by atoms with Crippen molar-refractivity contribution in [1.82, 2.24) is 23.7 Å². The molecule has 8 nitrogen and oxygen atoms in total. The number of aromatic nitrogens is 3. The molecule has 4 heterocycles. The van der Waals surface area contributed by atoms with Gasteiger partial charge in [-0.05, 0) is 49.2 Å². The number of likely N-dealkylation sites (tertiary alicyclic amines) is 1. The molecule has 0 saturated carbocycles. The highest BCUT2D eigenvalue weighted by atomic mass is 35.5. The molecule has 1 amide bonds. The molecule has 2 aliphatic rings. The maximum Gasteiger partial charge on any atom is 0.209 e. The number of nitrogens with zero attached hydrogens (tertiary/aromatic N) is 5. The Kier molecular flexibility index (Phi) is 7.16. The van der Waals surface area contributed by atoms with Gasteiger partial charge in [0.25, 0.3) is 0 Å². The van der Waals surface area contributed by atoms with Crippen LogP contribution in [0.4, 0.5) is 0 Å². The Labute approximate surface area is 215 Å². The minimum absolute atomic E-state index is 0.261. The number of hydrogen-bond acceptors (Lipinski definition) is 7. The molecule has 0 spiro atoms. The fourth-order valence-electron chi connectivity index (χ4n) is 5.23. The van der Waals surface area contributed by atoms with E-state index in [9.17, 15) is 13.2 Å². The number of piperidine rings is 1. The van der Waals surface area contributed by atoms with Crippen LogP contribution in [0.2, 0.25) is 5.02 Å². The molecule has 188 valence electrons. The molecule has 2 aromatic heterocycles. The lowest BCUT2D eigenvalue weighted by atomic mass is 10.0. The molecule has 35 heavy (non-hydrogen) atoms. The summed E-state index contributed by atoms with van der Waals surface area (Å²) in [5, 5.41) is 2.67. The summed E-state index contributed by atoms with van der Waals surface area (Å²) < 4.78 is 30.5. The van der Waals surface area contributed by atoms with Gasteiger partial charge in [0.05, 0.1) is 28.6 Å². The van der Waals surface area contributed by atoms with Crippen molar-refractivity contribution in [2.24, 2.45) is 5.92 Å². The average Bonchev–Trinajstić information content (AvgIpc) is 3.46. The van der Waals surface area contributed by atoms with Gasteiger partial charge in [-0.1, -0.05) is 23.7 Å². The third-order valence-electron chi connectivity index (χ3n) is 7.35. The van der Waals surface area contributed by atoms with Gasteiger partial charge >= 0.3 is 0 Å². The summed E-state index contributed by atoms with van der Waals surface area (Å²) in [6, 6.07) is 6.20. The lowest BCUT2D eigenvalue weighted by molar-refractivity contribution is -0.119. The van der Waals surface area contributed by atoms with Gasteiger partial charge in [0.15, 0.2) is 5.82 Å². The SMILES string of the molecule is CN(C=O)C1CCN(Cc2nc(-c3cn(CC4CCS(=O)(=O)CC4)c4c(Cl)cccc34)ns2)CC1. The van der Waals surface area contributed by atoms with Crippen molar-refractivity contribution in [3.8, 4) is 11.4 Å². The number of carbonyl (C=O) groups is 1. The zero-order valence-corrected chi connectivity index (χ0v) is 22.2. The predicted molar refractivity (Wildman–Crippen MR) is 139 cm³/mol. The summed E-state index contributed by atoms with van der Waals surface area (Å²) in [6.45, 7) is 3.36. The molecule has 0 bridgehead atoms. The molecule has 0 unspecified atom stereocenters. The van der Waals surface area contributed by atoms with Crippen LogP contribution < -0.4 is 0 Å². The minimum Gasteiger partial charge on any atom is -0.345 e. The normalized spacial score (nSPS) is 19.8. The van der Waals surface area contributed by atoms with Crippen LogP contribution in [0, 0.1) is 5.92 Å². The number of rotatable bonds is 7. The number of para-hydroxylation sites is 1. The molecule has 0 radical (unpaired) electrons. The number of fused-ring (bicyclic) bond motifs is 1. The number of hydrogen-bond donors (Lipinski definition) is 0. The van der Waals surface area contributed by atoms with Crippen LogP contribution in [0.15, 0.2) is 24.4 Å². The summed E-state index contributed by atoms with van der Waals surface area (Å²) in [5.74, 6) is 1.53. The Morgan fingerprint density at radius 1 is 1.20 bits per heavy atom. The highest BCUT2D eigenvalue weighted by Crippen LogP contribution is 2.35. The van der Waals surface area contributed by atoms with Gasteiger partial charge in [0.2, 0.25) is 6.41 Å². The van der Waals surface area contributed by atoms with E-state index in [4.69, 9.17) is 16.6 Å². The number of amides is 1. The van der Waals surface area contributed by atoms with Gasteiger partial charge in [0, 0.05) is 49.9 Å². The summed E-state index contributed by atoms with van der Waals surface area (Å²) >= 11 is 8.05. The lowest BCUT2D eigenvalue weighted by Crippen LogP contribution is -2.42. The van der Waals surface area contributed by atoms with E-state index in [0.717, 1.165) is 66.9 Å². The summed E-state index contributed by atoms with van der Waals surface area (Å²) in [4.78, 5) is 20.0. The average molecular weight is 536 g/mol. The van der Waals surface area contributed by atoms with Gasteiger partial charge in [0.1, 0.15) is 14.8 Å². The highest BCUT2D eigenvalue weighted by Gasteiger charge is 2.26. The van der Waals surface area contributed by atoms with E-state index in [1.807, 2.05) is 25.2 Å².